The van der Waals surface area contributed by atoms with Crippen molar-refractivity contribution < 1.29 is 27.8 Å². The van der Waals surface area contributed by atoms with Crippen molar-refractivity contribution in [1.82, 2.24) is 0 Å². The van der Waals surface area contributed by atoms with Crippen LogP contribution >= 0.6 is 0 Å². The van der Waals surface area contributed by atoms with Gasteiger partial charge in [0.2, 0.25) is 0 Å². The summed E-state index contributed by atoms with van der Waals surface area (Å²) in [6.45, 7) is 0.769. The van der Waals surface area contributed by atoms with Gasteiger partial charge in [-0.1, -0.05) is 12.1 Å². The quantitative estimate of drug-likeness (QED) is 0.806. The van der Waals surface area contributed by atoms with Crippen LogP contribution in [0.25, 0.3) is 0 Å². The molecule has 2 aromatic carbocycles. The van der Waals surface area contributed by atoms with Crippen LogP contribution in [0.5, 0.6) is 17.2 Å². The molecule has 5 nitrogen and oxygen atoms in total. The summed E-state index contributed by atoms with van der Waals surface area (Å²) < 4.78 is 40.1. The van der Waals surface area contributed by atoms with Gasteiger partial charge in [-0.05, 0) is 44.2 Å². The molecule has 0 aliphatic carbocycles. The van der Waals surface area contributed by atoms with Gasteiger partial charge in [0.05, 0.1) is 18.9 Å². The lowest BCUT2D eigenvalue weighted by molar-refractivity contribution is -0.0493. The van der Waals surface area contributed by atoms with E-state index in [1.165, 1.54) is 31.4 Å². The maximum atomic E-state index is 12.4. The van der Waals surface area contributed by atoms with Crippen molar-refractivity contribution >= 4 is 11.6 Å². The Morgan fingerprint density at radius 2 is 1.72 bits per heavy atom. The summed E-state index contributed by atoms with van der Waals surface area (Å²) in [5.74, 6) is 0.311. The van der Waals surface area contributed by atoms with Gasteiger partial charge < -0.3 is 19.5 Å². The lowest BCUT2D eigenvalue weighted by Crippen LogP contribution is -2.14. The molecule has 1 amide bonds. The fraction of sp³-hybridized carbons (Fsp3) is 0.278. The second-order valence-corrected chi connectivity index (χ2v) is 5.36. The minimum Gasteiger partial charge on any atom is -0.493 e. The maximum absolute atomic E-state index is 12.4. The highest BCUT2D eigenvalue weighted by atomic mass is 19.3. The second kappa shape index (κ2) is 8.32. The first kappa shape index (κ1) is 18.5. The first-order valence-corrected chi connectivity index (χ1v) is 7.60. The number of alkyl halides is 2. The standard InChI is InChI=1S/C18H19F2NO4/c1-11(2)24-15-9-8-12(10-16(15)23-3)17(22)21-13-6-4-5-7-14(13)25-18(19)20/h4-11,18H,1-3H3,(H,21,22). The third-order valence-electron chi connectivity index (χ3n) is 3.14. The Hall–Kier alpha value is -2.83. The van der Waals surface area contributed by atoms with E-state index in [4.69, 9.17) is 9.47 Å². The van der Waals surface area contributed by atoms with E-state index in [2.05, 4.69) is 10.1 Å². The zero-order chi connectivity index (χ0) is 18.4. The molecule has 7 heteroatoms. The highest BCUT2D eigenvalue weighted by molar-refractivity contribution is 6.05. The minimum atomic E-state index is -2.98. The Balaban J connectivity index is 2.21. The Morgan fingerprint density at radius 1 is 1.00 bits per heavy atom. The van der Waals surface area contributed by atoms with Crippen LogP contribution in [0.2, 0.25) is 0 Å². The van der Waals surface area contributed by atoms with Crippen molar-refractivity contribution in [3.8, 4) is 17.2 Å². The molecular formula is C18H19F2NO4. The number of amides is 1. The van der Waals surface area contributed by atoms with Gasteiger partial charge in [-0.2, -0.15) is 8.78 Å². The van der Waals surface area contributed by atoms with Gasteiger partial charge in [0, 0.05) is 5.56 Å². The first-order chi connectivity index (χ1) is 11.9. The molecular weight excluding hydrogens is 332 g/mol. The van der Waals surface area contributed by atoms with Gasteiger partial charge in [-0.25, -0.2) is 0 Å². The molecule has 0 spiro atoms. The average molecular weight is 351 g/mol. The van der Waals surface area contributed by atoms with Gasteiger partial charge >= 0.3 is 6.61 Å². The van der Waals surface area contributed by atoms with Crippen LogP contribution in [0, 0.1) is 0 Å². The molecule has 0 radical (unpaired) electrons. The van der Waals surface area contributed by atoms with Crippen LogP contribution < -0.4 is 19.5 Å². The van der Waals surface area contributed by atoms with Crippen LogP contribution in [0.4, 0.5) is 14.5 Å². The number of carbonyl (C=O) groups is 1. The van der Waals surface area contributed by atoms with Crippen molar-refractivity contribution in [3.05, 3.63) is 48.0 Å². The number of methoxy groups -OCH3 is 1. The third-order valence-corrected chi connectivity index (χ3v) is 3.14. The lowest BCUT2D eigenvalue weighted by atomic mass is 10.1. The topological polar surface area (TPSA) is 56.8 Å². The van der Waals surface area contributed by atoms with E-state index in [-0.39, 0.29) is 17.5 Å². The minimum absolute atomic E-state index is 0.0491. The van der Waals surface area contributed by atoms with Crippen molar-refractivity contribution in [2.45, 2.75) is 26.6 Å². The summed E-state index contributed by atoms with van der Waals surface area (Å²) in [4.78, 5) is 12.4. The summed E-state index contributed by atoms with van der Waals surface area (Å²) in [5, 5.41) is 2.55. The summed E-state index contributed by atoms with van der Waals surface area (Å²) in [7, 11) is 1.47. The summed E-state index contributed by atoms with van der Waals surface area (Å²) in [6, 6.07) is 10.7. The van der Waals surface area contributed by atoms with Crippen LogP contribution in [0.1, 0.15) is 24.2 Å². The number of nitrogens with one attached hydrogen (secondary N) is 1. The molecule has 0 saturated carbocycles. The summed E-state index contributed by atoms with van der Waals surface area (Å²) in [6.07, 6.45) is -0.0491. The number of hydrogen-bond donors (Lipinski definition) is 1. The summed E-state index contributed by atoms with van der Waals surface area (Å²) in [5.41, 5.74) is 0.439. The van der Waals surface area contributed by atoms with E-state index in [9.17, 15) is 13.6 Å². The molecule has 0 heterocycles. The maximum Gasteiger partial charge on any atom is 0.387 e. The number of carbonyl (C=O) groups excluding carboxylic acids is 1. The number of ether oxygens (including phenoxy) is 3. The third kappa shape index (κ3) is 5.07. The molecule has 134 valence electrons. The molecule has 2 aromatic rings. The van der Waals surface area contributed by atoms with Crippen molar-refractivity contribution in [2.24, 2.45) is 0 Å². The lowest BCUT2D eigenvalue weighted by Gasteiger charge is -2.15. The van der Waals surface area contributed by atoms with Gasteiger partial charge in [-0.3, -0.25) is 4.79 Å². The Kier molecular flexibility index (Phi) is 6.16. The zero-order valence-corrected chi connectivity index (χ0v) is 14.1. The number of hydrogen-bond acceptors (Lipinski definition) is 4. The van der Waals surface area contributed by atoms with E-state index < -0.39 is 12.5 Å². The van der Waals surface area contributed by atoms with E-state index in [0.29, 0.717) is 17.1 Å². The SMILES string of the molecule is COc1cc(C(=O)Nc2ccccc2OC(F)F)ccc1OC(C)C. The molecule has 0 bridgehead atoms. The van der Waals surface area contributed by atoms with Crippen molar-refractivity contribution in [1.29, 1.82) is 0 Å². The molecule has 1 N–H and O–H groups in total. The van der Waals surface area contributed by atoms with Gasteiger partial charge in [-0.15, -0.1) is 0 Å². The molecule has 0 unspecified atom stereocenters. The van der Waals surface area contributed by atoms with E-state index in [1.54, 1.807) is 18.2 Å². The molecule has 0 aromatic heterocycles. The smallest absolute Gasteiger partial charge is 0.387 e. The largest absolute Gasteiger partial charge is 0.493 e. The molecule has 0 aliphatic heterocycles. The first-order valence-electron chi connectivity index (χ1n) is 7.60. The van der Waals surface area contributed by atoms with Crippen LogP contribution in [-0.4, -0.2) is 25.7 Å². The van der Waals surface area contributed by atoms with Gasteiger partial charge in [0.1, 0.15) is 5.75 Å². The normalized spacial score (nSPS) is 10.7. The van der Waals surface area contributed by atoms with Crippen LogP contribution in [0.3, 0.4) is 0 Å². The Labute approximate surface area is 144 Å². The monoisotopic (exact) mass is 351 g/mol. The van der Waals surface area contributed by atoms with Crippen LogP contribution in [0.15, 0.2) is 42.5 Å². The molecule has 0 aliphatic rings. The second-order valence-electron chi connectivity index (χ2n) is 5.36. The van der Waals surface area contributed by atoms with Crippen molar-refractivity contribution in [3.63, 3.8) is 0 Å². The van der Waals surface area contributed by atoms with E-state index in [0.717, 1.165) is 0 Å². The number of benzene rings is 2. The fourth-order valence-electron chi connectivity index (χ4n) is 2.12. The van der Waals surface area contributed by atoms with Crippen molar-refractivity contribution in [2.75, 3.05) is 12.4 Å². The average Bonchev–Trinajstić information content (AvgIpc) is 2.56. The van der Waals surface area contributed by atoms with E-state index >= 15 is 0 Å². The molecule has 0 fully saturated rings. The predicted octanol–water partition coefficient (Wildman–Crippen LogP) is 4.34. The zero-order valence-electron chi connectivity index (χ0n) is 14.1. The number of para-hydroxylation sites is 2. The van der Waals surface area contributed by atoms with Crippen LogP contribution in [-0.2, 0) is 0 Å². The highest BCUT2D eigenvalue weighted by Crippen LogP contribution is 2.30. The molecule has 0 saturated heterocycles. The molecule has 25 heavy (non-hydrogen) atoms. The Morgan fingerprint density at radius 3 is 2.36 bits per heavy atom. The molecule has 2 rings (SSSR count). The van der Waals surface area contributed by atoms with E-state index in [1.807, 2.05) is 13.8 Å². The highest BCUT2D eigenvalue weighted by Gasteiger charge is 2.15. The Bertz CT molecular complexity index is 735. The summed E-state index contributed by atoms with van der Waals surface area (Å²) >= 11 is 0. The number of halogens is 2. The van der Waals surface area contributed by atoms with Gasteiger partial charge in [0.15, 0.2) is 11.5 Å². The fourth-order valence-corrected chi connectivity index (χ4v) is 2.12. The van der Waals surface area contributed by atoms with Gasteiger partial charge in [0.25, 0.3) is 5.91 Å². The number of anilines is 1. The number of rotatable bonds is 7. The molecule has 0 atom stereocenters. The predicted molar refractivity (Wildman–Crippen MR) is 89.8 cm³/mol.